The smallest absolute Gasteiger partial charge is 0.138 e. The maximum atomic E-state index is 6.32. The van der Waals surface area contributed by atoms with E-state index in [4.69, 9.17) is 23.2 Å². The van der Waals surface area contributed by atoms with E-state index in [1.807, 2.05) is 62.4 Å². The fourth-order valence-corrected chi connectivity index (χ4v) is 3.68. The molecule has 0 fully saturated rings. The summed E-state index contributed by atoms with van der Waals surface area (Å²) in [6.07, 6.45) is 3.50. The summed E-state index contributed by atoms with van der Waals surface area (Å²) in [5, 5.41) is 3.00. The Hall–Kier alpha value is -2.82. The molecular weight excluding hydrogens is 415 g/mol. The van der Waals surface area contributed by atoms with Gasteiger partial charge in [-0.05, 0) is 37.1 Å². The van der Waals surface area contributed by atoms with Gasteiger partial charge in [-0.2, -0.15) is 0 Å². The summed E-state index contributed by atoms with van der Waals surface area (Å²) in [7, 11) is 0. The highest BCUT2D eigenvalue weighted by molar-refractivity contribution is 6.32. The average Bonchev–Trinajstić information content (AvgIpc) is 2.72. The van der Waals surface area contributed by atoms with Crippen LogP contribution in [0.5, 0.6) is 0 Å². The molecule has 0 bridgehead atoms. The van der Waals surface area contributed by atoms with Gasteiger partial charge in [0.1, 0.15) is 10.3 Å². The summed E-state index contributed by atoms with van der Waals surface area (Å²) in [5.41, 5.74) is 5.64. The van der Waals surface area contributed by atoms with Gasteiger partial charge in [0.2, 0.25) is 0 Å². The van der Waals surface area contributed by atoms with Crippen LogP contribution in [0.3, 0.4) is 0 Å². The molecule has 2 aromatic carbocycles. The SMILES string of the molecule is Cc1cccc2cc(C=NCCN=Cc3cc4cccc(C)c4nc3Cl)c(Cl)nc12. The number of hydrogen-bond acceptors (Lipinski definition) is 4. The summed E-state index contributed by atoms with van der Waals surface area (Å²) in [6, 6.07) is 16.1. The summed E-state index contributed by atoms with van der Waals surface area (Å²) < 4.78 is 0. The van der Waals surface area contributed by atoms with Gasteiger partial charge in [-0.25, -0.2) is 9.97 Å². The van der Waals surface area contributed by atoms with E-state index in [9.17, 15) is 0 Å². The number of fused-ring (bicyclic) bond motifs is 2. The zero-order valence-corrected chi connectivity index (χ0v) is 18.2. The molecule has 4 aromatic rings. The minimum atomic E-state index is 0.452. The van der Waals surface area contributed by atoms with E-state index in [1.54, 1.807) is 12.4 Å². The number of halogens is 2. The van der Waals surface area contributed by atoms with E-state index in [0.717, 1.165) is 44.1 Å². The minimum absolute atomic E-state index is 0.452. The third-order valence-corrected chi connectivity index (χ3v) is 5.48. The van der Waals surface area contributed by atoms with E-state index >= 15 is 0 Å². The lowest BCUT2D eigenvalue weighted by molar-refractivity contribution is 0.984. The van der Waals surface area contributed by atoms with E-state index in [2.05, 4.69) is 20.0 Å². The van der Waals surface area contributed by atoms with Gasteiger partial charge < -0.3 is 0 Å². The van der Waals surface area contributed by atoms with Crippen molar-refractivity contribution in [2.45, 2.75) is 13.8 Å². The molecular formula is C24H20Cl2N4. The molecule has 0 atom stereocenters. The minimum Gasteiger partial charge on any atom is -0.291 e. The molecule has 2 aromatic heterocycles. The Balaban J connectivity index is 1.43. The molecule has 0 saturated heterocycles. The monoisotopic (exact) mass is 434 g/mol. The van der Waals surface area contributed by atoms with Crippen LogP contribution in [0.2, 0.25) is 10.3 Å². The van der Waals surface area contributed by atoms with E-state index in [-0.39, 0.29) is 0 Å². The van der Waals surface area contributed by atoms with Crippen molar-refractivity contribution in [1.29, 1.82) is 0 Å². The second kappa shape index (κ2) is 8.90. The molecule has 4 nitrogen and oxygen atoms in total. The summed E-state index contributed by atoms with van der Waals surface area (Å²) in [6.45, 7) is 5.12. The van der Waals surface area contributed by atoms with Crippen LogP contribution in [0.1, 0.15) is 22.3 Å². The van der Waals surface area contributed by atoms with Crippen LogP contribution in [0.4, 0.5) is 0 Å². The second-order valence-electron chi connectivity index (χ2n) is 7.10. The van der Waals surface area contributed by atoms with Crippen LogP contribution in [-0.4, -0.2) is 35.5 Å². The van der Waals surface area contributed by atoms with Crippen LogP contribution in [0.15, 0.2) is 58.5 Å². The number of hydrogen-bond donors (Lipinski definition) is 0. The van der Waals surface area contributed by atoms with Crippen molar-refractivity contribution in [3.05, 3.63) is 81.1 Å². The van der Waals surface area contributed by atoms with Gasteiger partial charge in [-0.15, -0.1) is 0 Å². The van der Waals surface area contributed by atoms with Gasteiger partial charge in [0.25, 0.3) is 0 Å². The van der Waals surface area contributed by atoms with Crippen molar-refractivity contribution in [2.75, 3.05) is 13.1 Å². The van der Waals surface area contributed by atoms with E-state index in [0.29, 0.717) is 23.4 Å². The lowest BCUT2D eigenvalue weighted by Crippen LogP contribution is -1.95. The lowest BCUT2D eigenvalue weighted by atomic mass is 10.1. The number of benzene rings is 2. The molecule has 0 saturated carbocycles. The van der Waals surface area contributed by atoms with E-state index in [1.165, 1.54) is 0 Å². The number of nitrogens with zero attached hydrogens (tertiary/aromatic N) is 4. The highest BCUT2D eigenvalue weighted by atomic mass is 35.5. The van der Waals surface area contributed by atoms with Crippen LogP contribution in [0, 0.1) is 13.8 Å². The summed E-state index contributed by atoms with van der Waals surface area (Å²) in [4.78, 5) is 17.9. The Morgan fingerprint density at radius 1 is 0.733 bits per heavy atom. The number of aromatic nitrogens is 2. The first-order valence-corrected chi connectivity index (χ1v) is 10.4. The Morgan fingerprint density at radius 3 is 1.60 bits per heavy atom. The summed E-state index contributed by atoms with van der Waals surface area (Å²) in [5.74, 6) is 0. The van der Waals surface area contributed by atoms with Gasteiger partial charge in [0.05, 0.1) is 24.1 Å². The van der Waals surface area contributed by atoms with Crippen LogP contribution >= 0.6 is 23.2 Å². The second-order valence-corrected chi connectivity index (χ2v) is 7.82. The van der Waals surface area contributed by atoms with Crippen molar-refractivity contribution >= 4 is 57.4 Å². The predicted octanol–water partition coefficient (Wildman–Crippen LogP) is 6.24. The quantitative estimate of drug-likeness (QED) is 0.212. The lowest BCUT2D eigenvalue weighted by Gasteiger charge is -2.04. The first-order chi connectivity index (χ1) is 14.5. The van der Waals surface area contributed by atoms with Crippen molar-refractivity contribution in [3.8, 4) is 0 Å². The molecule has 150 valence electrons. The van der Waals surface area contributed by atoms with Gasteiger partial charge in [-0.3, -0.25) is 9.98 Å². The molecule has 30 heavy (non-hydrogen) atoms. The molecule has 0 unspecified atom stereocenters. The molecule has 2 heterocycles. The number of aryl methyl sites for hydroxylation is 2. The molecule has 0 aliphatic heterocycles. The topological polar surface area (TPSA) is 50.5 Å². The number of pyridine rings is 2. The Bertz CT molecular complexity index is 1190. The molecule has 0 spiro atoms. The van der Waals surface area contributed by atoms with Crippen LogP contribution in [0.25, 0.3) is 21.8 Å². The Labute approximate surface area is 185 Å². The van der Waals surface area contributed by atoms with Crippen molar-refractivity contribution in [3.63, 3.8) is 0 Å². The third kappa shape index (κ3) is 4.35. The fourth-order valence-electron chi connectivity index (χ4n) is 3.30. The number of aliphatic imine (C=N–C) groups is 2. The molecule has 6 heteroatoms. The van der Waals surface area contributed by atoms with Crippen molar-refractivity contribution < 1.29 is 0 Å². The zero-order valence-electron chi connectivity index (χ0n) is 16.7. The summed E-state index contributed by atoms with van der Waals surface area (Å²) >= 11 is 12.6. The fraction of sp³-hybridized carbons (Fsp3) is 0.167. The molecule has 4 rings (SSSR count). The van der Waals surface area contributed by atoms with Crippen LogP contribution < -0.4 is 0 Å². The molecule has 0 aliphatic carbocycles. The third-order valence-electron chi connectivity index (χ3n) is 4.88. The predicted molar refractivity (Wildman–Crippen MR) is 128 cm³/mol. The van der Waals surface area contributed by atoms with E-state index < -0.39 is 0 Å². The molecule has 0 aliphatic rings. The zero-order chi connectivity index (χ0) is 21.1. The Morgan fingerprint density at radius 2 is 1.17 bits per heavy atom. The van der Waals surface area contributed by atoms with Gasteiger partial charge in [0.15, 0.2) is 0 Å². The maximum absolute atomic E-state index is 6.32. The van der Waals surface area contributed by atoms with Gasteiger partial charge >= 0.3 is 0 Å². The highest BCUT2D eigenvalue weighted by Crippen LogP contribution is 2.23. The number of para-hydroxylation sites is 2. The molecule has 0 N–H and O–H groups in total. The van der Waals surface area contributed by atoms with Gasteiger partial charge in [-0.1, -0.05) is 59.6 Å². The normalized spacial score (nSPS) is 12.0. The number of rotatable bonds is 5. The van der Waals surface area contributed by atoms with Crippen molar-refractivity contribution in [2.24, 2.45) is 9.98 Å². The Kier molecular flexibility index (Phi) is 6.07. The standard InChI is InChI=1S/C24H20Cl2N4/c1-15-5-3-7-17-11-19(23(25)29-21(15)17)13-27-9-10-28-14-20-12-18-8-4-6-16(2)22(18)30-24(20)26/h3-8,11-14H,9-10H2,1-2H3. The highest BCUT2D eigenvalue weighted by Gasteiger charge is 2.06. The van der Waals surface area contributed by atoms with Crippen molar-refractivity contribution in [1.82, 2.24) is 9.97 Å². The van der Waals surface area contributed by atoms with Crippen LogP contribution in [-0.2, 0) is 0 Å². The largest absolute Gasteiger partial charge is 0.291 e. The van der Waals surface area contributed by atoms with Gasteiger partial charge in [0, 0.05) is 34.3 Å². The molecule has 0 amide bonds. The maximum Gasteiger partial charge on any atom is 0.138 e. The first kappa shape index (κ1) is 20.5. The average molecular weight is 435 g/mol. The first-order valence-electron chi connectivity index (χ1n) is 9.64. The molecule has 0 radical (unpaired) electrons.